The lowest BCUT2D eigenvalue weighted by Crippen LogP contribution is -2.54. The number of nitrogens with zero attached hydrogens (tertiary/aromatic N) is 1. The molecular weight excluding hydrogens is 250 g/mol. The molecule has 19 heavy (non-hydrogen) atoms. The molecule has 2 rings (SSSR count). The van der Waals surface area contributed by atoms with E-state index in [9.17, 15) is 14.9 Å². The molecule has 1 fully saturated rings. The summed E-state index contributed by atoms with van der Waals surface area (Å²) in [7, 11) is 0. The van der Waals surface area contributed by atoms with Crippen LogP contribution < -0.4 is 11.1 Å². The Labute approximate surface area is 109 Å². The minimum Gasteiger partial charge on any atom is -0.379 e. The molecule has 0 aromatic heterocycles. The lowest BCUT2D eigenvalue weighted by atomic mass is 9.99. The fourth-order valence-corrected chi connectivity index (χ4v) is 1.85. The molecule has 0 aliphatic carbocycles. The zero-order chi connectivity index (χ0) is 13.9. The van der Waals surface area contributed by atoms with E-state index in [1.807, 2.05) is 0 Å². The highest BCUT2D eigenvalue weighted by molar-refractivity contribution is 5.86. The monoisotopic (exact) mass is 265 g/mol. The predicted molar refractivity (Wildman–Crippen MR) is 67.3 cm³/mol. The van der Waals surface area contributed by atoms with Gasteiger partial charge in [-0.3, -0.25) is 14.9 Å². The number of nitrogens with two attached hydrogens (primary N) is 1. The lowest BCUT2D eigenvalue weighted by Gasteiger charge is -2.20. The number of ether oxygens (including phenoxy) is 1. The van der Waals surface area contributed by atoms with Gasteiger partial charge in [-0.15, -0.1) is 0 Å². The first-order chi connectivity index (χ1) is 9.01. The van der Waals surface area contributed by atoms with Crippen molar-refractivity contribution in [2.45, 2.75) is 18.5 Å². The number of hydrogen-bond acceptors (Lipinski definition) is 5. The van der Waals surface area contributed by atoms with Gasteiger partial charge in [-0.2, -0.15) is 0 Å². The molecule has 0 radical (unpaired) electrons. The average Bonchev–Trinajstić information content (AvgIpc) is 2.84. The molecule has 102 valence electrons. The Morgan fingerprint density at radius 1 is 1.47 bits per heavy atom. The van der Waals surface area contributed by atoms with Crippen molar-refractivity contribution >= 4 is 11.6 Å². The number of carbonyl (C=O) groups is 1. The largest absolute Gasteiger partial charge is 0.379 e. The van der Waals surface area contributed by atoms with Crippen LogP contribution in [0.1, 0.15) is 12.0 Å². The Morgan fingerprint density at radius 2 is 2.16 bits per heavy atom. The third-order valence-electron chi connectivity index (χ3n) is 3.10. The maximum absolute atomic E-state index is 11.9. The number of non-ortho nitro benzene ring substituents is 1. The molecular formula is C12H15N3O4. The standard InChI is InChI=1S/C12H15N3O4/c13-12(5-6-19-8-12)11(16)14-7-9-1-3-10(4-2-9)15(17)18/h1-4H,5-8,13H2,(H,14,16). The number of rotatable bonds is 4. The smallest absolute Gasteiger partial charge is 0.269 e. The molecule has 1 amide bonds. The van der Waals surface area contributed by atoms with Crippen LogP contribution in [-0.2, 0) is 16.1 Å². The molecule has 1 saturated heterocycles. The van der Waals surface area contributed by atoms with Crippen molar-refractivity contribution in [3.63, 3.8) is 0 Å². The highest BCUT2D eigenvalue weighted by Crippen LogP contribution is 2.16. The maximum atomic E-state index is 11.9. The molecule has 0 saturated carbocycles. The first-order valence-electron chi connectivity index (χ1n) is 5.89. The molecule has 1 heterocycles. The van der Waals surface area contributed by atoms with Gasteiger partial charge >= 0.3 is 0 Å². The summed E-state index contributed by atoms with van der Waals surface area (Å²) in [6.45, 7) is 0.996. The summed E-state index contributed by atoms with van der Waals surface area (Å²) >= 11 is 0. The summed E-state index contributed by atoms with van der Waals surface area (Å²) < 4.78 is 5.11. The number of amides is 1. The number of nitro benzene ring substituents is 1. The van der Waals surface area contributed by atoms with Gasteiger partial charge in [0.25, 0.3) is 5.69 Å². The Bertz CT molecular complexity index is 480. The van der Waals surface area contributed by atoms with Crippen LogP contribution in [0.15, 0.2) is 24.3 Å². The number of hydrogen-bond donors (Lipinski definition) is 2. The Hall–Kier alpha value is -1.99. The van der Waals surface area contributed by atoms with Gasteiger partial charge in [0.05, 0.1) is 11.5 Å². The maximum Gasteiger partial charge on any atom is 0.269 e. The van der Waals surface area contributed by atoms with Gasteiger partial charge in [-0.05, 0) is 12.0 Å². The van der Waals surface area contributed by atoms with Crippen molar-refractivity contribution in [1.82, 2.24) is 5.32 Å². The van der Waals surface area contributed by atoms with Crippen molar-refractivity contribution in [1.29, 1.82) is 0 Å². The molecule has 7 nitrogen and oxygen atoms in total. The van der Waals surface area contributed by atoms with E-state index in [1.54, 1.807) is 12.1 Å². The van der Waals surface area contributed by atoms with E-state index < -0.39 is 10.5 Å². The van der Waals surface area contributed by atoms with Gasteiger partial charge in [0.2, 0.25) is 5.91 Å². The van der Waals surface area contributed by atoms with E-state index in [0.29, 0.717) is 13.0 Å². The van der Waals surface area contributed by atoms with Crippen molar-refractivity contribution in [2.75, 3.05) is 13.2 Å². The van der Waals surface area contributed by atoms with Crippen LogP contribution in [0.25, 0.3) is 0 Å². The van der Waals surface area contributed by atoms with Crippen LogP contribution in [0, 0.1) is 10.1 Å². The highest BCUT2D eigenvalue weighted by atomic mass is 16.6. The van der Waals surface area contributed by atoms with Crippen molar-refractivity contribution < 1.29 is 14.5 Å². The zero-order valence-corrected chi connectivity index (χ0v) is 10.3. The minimum absolute atomic E-state index is 0.0227. The molecule has 1 aliphatic heterocycles. The fraction of sp³-hybridized carbons (Fsp3) is 0.417. The second kappa shape index (κ2) is 5.33. The lowest BCUT2D eigenvalue weighted by molar-refractivity contribution is -0.384. The summed E-state index contributed by atoms with van der Waals surface area (Å²) in [4.78, 5) is 21.9. The topological polar surface area (TPSA) is 107 Å². The van der Waals surface area contributed by atoms with Crippen LogP contribution in [-0.4, -0.2) is 29.6 Å². The number of carbonyl (C=O) groups excluding carboxylic acids is 1. The molecule has 1 aromatic carbocycles. The first-order valence-corrected chi connectivity index (χ1v) is 5.89. The third kappa shape index (κ3) is 3.07. The predicted octanol–water partition coefficient (Wildman–Crippen LogP) is 0.329. The van der Waals surface area contributed by atoms with Crippen molar-refractivity contribution in [3.05, 3.63) is 39.9 Å². The average molecular weight is 265 g/mol. The van der Waals surface area contributed by atoms with Crippen LogP contribution in [0.5, 0.6) is 0 Å². The van der Waals surface area contributed by atoms with Crippen LogP contribution in [0.4, 0.5) is 5.69 Å². The Morgan fingerprint density at radius 3 is 2.68 bits per heavy atom. The molecule has 1 unspecified atom stereocenters. The summed E-state index contributed by atoms with van der Waals surface area (Å²) in [6.07, 6.45) is 0.499. The fourth-order valence-electron chi connectivity index (χ4n) is 1.85. The summed E-state index contributed by atoms with van der Waals surface area (Å²) in [6, 6.07) is 6.01. The quantitative estimate of drug-likeness (QED) is 0.602. The van der Waals surface area contributed by atoms with Crippen LogP contribution >= 0.6 is 0 Å². The SMILES string of the molecule is NC1(C(=O)NCc2ccc([N+](=O)[O-])cc2)CCOC1. The Kier molecular flexibility index (Phi) is 3.77. The number of nitrogens with one attached hydrogen (secondary N) is 1. The zero-order valence-electron chi connectivity index (χ0n) is 10.3. The highest BCUT2D eigenvalue weighted by Gasteiger charge is 2.37. The third-order valence-corrected chi connectivity index (χ3v) is 3.10. The summed E-state index contributed by atoms with van der Waals surface area (Å²) in [5.74, 6) is -0.261. The van der Waals surface area contributed by atoms with Gasteiger partial charge in [0, 0.05) is 25.3 Å². The minimum atomic E-state index is -0.958. The van der Waals surface area contributed by atoms with E-state index in [2.05, 4.69) is 5.32 Å². The van der Waals surface area contributed by atoms with Gasteiger partial charge < -0.3 is 15.8 Å². The van der Waals surface area contributed by atoms with E-state index in [0.717, 1.165) is 5.56 Å². The molecule has 0 spiro atoms. The molecule has 1 atom stereocenters. The van der Waals surface area contributed by atoms with E-state index in [4.69, 9.17) is 10.5 Å². The normalized spacial score (nSPS) is 22.2. The van der Waals surface area contributed by atoms with Gasteiger partial charge in [-0.1, -0.05) is 12.1 Å². The van der Waals surface area contributed by atoms with E-state index in [-0.39, 0.29) is 24.7 Å². The number of nitro groups is 1. The van der Waals surface area contributed by atoms with Crippen molar-refractivity contribution in [2.24, 2.45) is 5.73 Å². The first kappa shape index (κ1) is 13.4. The van der Waals surface area contributed by atoms with Gasteiger partial charge in [0.1, 0.15) is 5.54 Å². The van der Waals surface area contributed by atoms with Crippen molar-refractivity contribution in [3.8, 4) is 0 Å². The molecule has 1 aliphatic rings. The van der Waals surface area contributed by atoms with E-state index >= 15 is 0 Å². The Balaban J connectivity index is 1.91. The van der Waals surface area contributed by atoms with Gasteiger partial charge in [-0.25, -0.2) is 0 Å². The second-order valence-electron chi connectivity index (χ2n) is 4.56. The van der Waals surface area contributed by atoms with Crippen LogP contribution in [0.2, 0.25) is 0 Å². The summed E-state index contributed by atoms with van der Waals surface area (Å²) in [5.41, 5.74) is 5.75. The molecule has 7 heteroatoms. The molecule has 1 aromatic rings. The van der Waals surface area contributed by atoms with E-state index in [1.165, 1.54) is 12.1 Å². The van der Waals surface area contributed by atoms with Gasteiger partial charge in [0.15, 0.2) is 0 Å². The van der Waals surface area contributed by atoms with Crippen LogP contribution in [0.3, 0.4) is 0 Å². The molecule has 3 N–H and O–H groups in total. The molecule has 0 bridgehead atoms. The summed E-state index contributed by atoms with van der Waals surface area (Å²) in [5, 5.41) is 13.2. The second-order valence-corrected chi connectivity index (χ2v) is 4.56. The number of benzene rings is 1.